The Morgan fingerprint density at radius 1 is 1.12 bits per heavy atom. The first kappa shape index (κ1) is 4.80. The van der Waals surface area contributed by atoms with Crippen LogP contribution < -0.4 is 5.32 Å². The van der Waals surface area contributed by atoms with Gasteiger partial charge in [0.15, 0.2) is 0 Å². The summed E-state index contributed by atoms with van der Waals surface area (Å²) >= 11 is 0. The summed E-state index contributed by atoms with van der Waals surface area (Å²) in [6, 6.07) is 0.809. The van der Waals surface area contributed by atoms with E-state index >= 15 is 0 Å². The monoisotopic (exact) mass is 110 g/mol. The molecule has 1 saturated heterocycles. The zero-order valence-corrected chi connectivity index (χ0v) is 5.14. The Morgan fingerprint density at radius 3 is 2.50 bits per heavy atom. The lowest BCUT2D eigenvalue weighted by molar-refractivity contribution is 0.157. The molecule has 1 radical (unpaired) electrons. The van der Waals surface area contributed by atoms with Gasteiger partial charge >= 0.3 is 0 Å². The largest absolute Gasteiger partial charge is 0.238 e. The number of hydrogen-bond acceptors (Lipinski definition) is 0. The van der Waals surface area contributed by atoms with E-state index < -0.39 is 0 Å². The van der Waals surface area contributed by atoms with Gasteiger partial charge in [0.1, 0.15) is 0 Å². The van der Waals surface area contributed by atoms with E-state index in [1.54, 1.807) is 0 Å². The maximum atomic E-state index is 4.50. The van der Waals surface area contributed by atoms with Crippen molar-refractivity contribution in [2.24, 2.45) is 5.92 Å². The van der Waals surface area contributed by atoms with Crippen LogP contribution in [0.2, 0.25) is 0 Å². The molecule has 1 heteroatoms. The molecular formula is C7H12N. The summed E-state index contributed by atoms with van der Waals surface area (Å²) in [5.74, 6) is 1.02. The van der Waals surface area contributed by atoms with Gasteiger partial charge in [0.05, 0.1) is 0 Å². The number of hydrogen-bond donors (Lipinski definition) is 0. The molecule has 2 unspecified atom stereocenters. The zero-order valence-electron chi connectivity index (χ0n) is 5.14. The molecule has 2 aliphatic rings. The molecule has 0 aromatic rings. The summed E-state index contributed by atoms with van der Waals surface area (Å²) < 4.78 is 0. The van der Waals surface area contributed by atoms with Crippen LogP contribution in [0.5, 0.6) is 0 Å². The van der Waals surface area contributed by atoms with E-state index in [1.807, 2.05) is 0 Å². The Kier molecular flexibility index (Phi) is 1.04. The second-order valence-electron chi connectivity index (χ2n) is 2.95. The van der Waals surface area contributed by atoms with Crippen LogP contribution in [-0.4, -0.2) is 12.6 Å². The zero-order chi connectivity index (χ0) is 5.40. The van der Waals surface area contributed by atoms with E-state index in [0.717, 1.165) is 18.5 Å². The lowest BCUT2D eigenvalue weighted by Gasteiger charge is -2.39. The van der Waals surface area contributed by atoms with Crippen molar-refractivity contribution in [2.45, 2.75) is 31.7 Å². The van der Waals surface area contributed by atoms with Crippen molar-refractivity contribution in [1.29, 1.82) is 0 Å². The highest BCUT2D eigenvalue weighted by Crippen LogP contribution is 2.34. The van der Waals surface area contributed by atoms with Crippen molar-refractivity contribution in [2.75, 3.05) is 6.54 Å². The van der Waals surface area contributed by atoms with E-state index in [2.05, 4.69) is 5.32 Å². The number of piperidine rings is 1. The van der Waals surface area contributed by atoms with Crippen LogP contribution in [0.4, 0.5) is 0 Å². The van der Waals surface area contributed by atoms with Gasteiger partial charge in [0.25, 0.3) is 0 Å². The lowest BCUT2D eigenvalue weighted by atomic mass is 9.75. The average molecular weight is 110 g/mol. The van der Waals surface area contributed by atoms with E-state index in [1.165, 1.54) is 25.7 Å². The second-order valence-corrected chi connectivity index (χ2v) is 2.95. The molecule has 0 bridgehead atoms. The first-order chi connectivity index (χ1) is 3.97. The van der Waals surface area contributed by atoms with E-state index in [-0.39, 0.29) is 0 Å². The van der Waals surface area contributed by atoms with Crippen molar-refractivity contribution >= 4 is 0 Å². The van der Waals surface area contributed by atoms with Gasteiger partial charge in [-0.25, -0.2) is 5.32 Å². The van der Waals surface area contributed by atoms with Crippen molar-refractivity contribution < 1.29 is 0 Å². The summed E-state index contributed by atoms with van der Waals surface area (Å²) in [5.41, 5.74) is 0. The fourth-order valence-corrected chi connectivity index (χ4v) is 1.74. The molecule has 0 amide bonds. The summed E-state index contributed by atoms with van der Waals surface area (Å²) in [6.07, 6.45) is 5.69. The smallest absolute Gasteiger partial charge is 0.0274 e. The third-order valence-electron chi connectivity index (χ3n) is 2.47. The maximum Gasteiger partial charge on any atom is 0.0274 e. The van der Waals surface area contributed by atoms with Crippen LogP contribution in [0.15, 0.2) is 0 Å². The van der Waals surface area contributed by atoms with Crippen molar-refractivity contribution in [3.63, 3.8) is 0 Å². The Hall–Kier alpha value is -0.0400. The van der Waals surface area contributed by atoms with Crippen molar-refractivity contribution in [1.82, 2.24) is 5.32 Å². The van der Waals surface area contributed by atoms with Crippen LogP contribution in [0.25, 0.3) is 0 Å². The highest BCUT2D eigenvalue weighted by atomic mass is 14.9. The molecule has 1 heterocycles. The quantitative estimate of drug-likeness (QED) is 0.444. The molecule has 1 nitrogen and oxygen atoms in total. The molecule has 0 aromatic carbocycles. The standard InChI is InChI=1S/C7H12N/c1-2-6-3-4-7(6)8-5-1/h6-7H,1-5H2. The highest BCUT2D eigenvalue weighted by Gasteiger charge is 2.32. The molecule has 2 atom stereocenters. The van der Waals surface area contributed by atoms with Crippen LogP contribution in [0.3, 0.4) is 0 Å². The number of fused-ring (bicyclic) bond motifs is 1. The van der Waals surface area contributed by atoms with Crippen LogP contribution in [-0.2, 0) is 0 Å². The van der Waals surface area contributed by atoms with Crippen LogP contribution in [0, 0.1) is 5.92 Å². The Balaban J connectivity index is 1.92. The summed E-state index contributed by atoms with van der Waals surface area (Å²) in [6.45, 7) is 1.15. The third kappa shape index (κ3) is 0.576. The van der Waals surface area contributed by atoms with Gasteiger partial charge in [0.2, 0.25) is 0 Å². The summed E-state index contributed by atoms with van der Waals surface area (Å²) in [4.78, 5) is 0. The number of nitrogens with zero attached hydrogens (tertiary/aromatic N) is 1. The predicted octanol–water partition coefficient (Wildman–Crippen LogP) is 1.16. The van der Waals surface area contributed by atoms with Crippen molar-refractivity contribution in [3.8, 4) is 0 Å². The van der Waals surface area contributed by atoms with Gasteiger partial charge in [-0.3, -0.25) is 0 Å². The van der Waals surface area contributed by atoms with Crippen LogP contribution >= 0.6 is 0 Å². The molecule has 1 aliphatic heterocycles. The fourth-order valence-electron chi connectivity index (χ4n) is 1.74. The van der Waals surface area contributed by atoms with Crippen molar-refractivity contribution in [3.05, 3.63) is 0 Å². The van der Waals surface area contributed by atoms with E-state index in [9.17, 15) is 0 Å². The second kappa shape index (κ2) is 1.73. The molecule has 2 rings (SSSR count). The molecular weight excluding hydrogens is 98.1 g/mol. The number of rotatable bonds is 0. The van der Waals surface area contributed by atoms with E-state index in [4.69, 9.17) is 0 Å². The van der Waals surface area contributed by atoms with Gasteiger partial charge < -0.3 is 0 Å². The fraction of sp³-hybridized carbons (Fsp3) is 1.00. The summed E-state index contributed by atoms with van der Waals surface area (Å²) in [5, 5.41) is 4.50. The molecule has 1 saturated carbocycles. The summed E-state index contributed by atoms with van der Waals surface area (Å²) in [7, 11) is 0. The van der Waals surface area contributed by atoms with Crippen LogP contribution in [0.1, 0.15) is 25.7 Å². The molecule has 1 aliphatic carbocycles. The Bertz CT molecular complexity index is 78.4. The molecule has 0 spiro atoms. The molecule has 2 fully saturated rings. The third-order valence-corrected chi connectivity index (χ3v) is 2.47. The van der Waals surface area contributed by atoms with Gasteiger partial charge in [-0.15, -0.1) is 0 Å². The molecule has 8 heavy (non-hydrogen) atoms. The molecule has 0 aromatic heterocycles. The minimum absolute atomic E-state index is 0.809. The minimum Gasteiger partial charge on any atom is -0.238 e. The van der Waals surface area contributed by atoms with Gasteiger partial charge in [-0.05, 0) is 31.6 Å². The first-order valence-corrected chi connectivity index (χ1v) is 3.63. The maximum absolute atomic E-state index is 4.50. The SMILES string of the molecule is C1C[N]C2CCC2C1. The van der Waals surface area contributed by atoms with Gasteiger partial charge in [0, 0.05) is 12.6 Å². The van der Waals surface area contributed by atoms with Gasteiger partial charge in [-0.1, -0.05) is 0 Å². The first-order valence-electron chi connectivity index (χ1n) is 3.63. The topological polar surface area (TPSA) is 14.1 Å². The van der Waals surface area contributed by atoms with E-state index in [0.29, 0.717) is 0 Å². The molecule has 45 valence electrons. The Morgan fingerprint density at radius 2 is 2.12 bits per heavy atom. The average Bonchev–Trinajstić information content (AvgIpc) is 1.72. The normalized spacial score (nSPS) is 45.0. The minimum atomic E-state index is 0.809. The lowest BCUT2D eigenvalue weighted by Crippen LogP contribution is -2.43. The predicted molar refractivity (Wildman–Crippen MR) is 32.7 cm³/mol. The Labute approximate surface area is 50.5 Å². The highest BCUT2D eigenvalue weighted by molar-refractivity contribution is 4.89. The van der Waals surface area contributed by atoms with Gasteiger partial charge in [-0.2, -0.15) is 0 Å². The molecule has 0 N–H and O–H groups in total.